The van der Waals surface area contributed by atoms with Crippen molar-refractivity contribution in [3.05, 3.63) is 28.8 Å². The second-order valence-electron chi connectivity index (χ2n) is 4.53. The van der Waals surface area contributed by atoms with Gasteiger partial charge in [0, 0.05) is 26.2 Å². The van der Waals surface area contributed by atoms with Gasteiger partial charge in [0.2, 0.25) is 0 Å². The summed E-state index contributed by atoms with van der Waals surface area (Å²) in [5.41, 5.74) is 0.460. The summed E-state index contributed by atoms with van der Waals surface area (Å²) in [5.74, 6) is 0.246. The third-order valence-corrected chi connectivity index (χ3v) is 3.53. The summed E-state index contributed by atoms with van der Waals surface area (Å²) in [4.78, 5) is 14.4. The van der Waals surface area contributed by atoms with E-state index in [1.54, 1.807) is 18.2 Å². The molecular formula is C14H19ClN2O3. The molecule has 1 fully saturated rings. The van der Waals surface area contributed by atoms with Crippen LogP contribution in [0.25, 0.3) is 0 Å². The maximum Gasteiger partial charge on any atom is 0.255 e. The Balaban J connectivity index is 1.87. The number of methoxy groups -OCH3 is 1. The Morgan fingerprint density at radius 3 is 2.90 bits per heavy atom. The molecule has 1 aromatic carbocycles. The number of amides is 1. The molecule has 0 spiro atoms. The molecule has 1 aromatic rings. The first-order chi connectivity index (χ1) is 9.72. The molecule has 2 rings (SSSR count). The van der Waals surface area contributed by atoms with Crippen LogP contribution in [0.4, 0.5) is 0 Å². The third-order valence-electron chi connectivity index (χ3n) is 3.23. The van der Waals surface area contributed by atoms with Crippen molar-refractivity contribution in [2.75, 3.05) is 46.5 Å². The van der Waals surface area contributed by atoms with Gasteiger partial charge in [0.1, 0.15) is 5.75 Å². The molecule has 1 aliphatic heterocycles. The van der Waals surface area contributed by atoms with Crippen LogP contribution in [0.1, 0.15) is 10.4 Å². The lowest BCUT2D eigenvalue weighted by atomic mass is 10.2. The topological polar surface area (TPSA) is 50.8 Å². The quantitative estimate of drug-likeness (QED) is 0.893. The Hall–Kier alpha value is -1.30. The van der Waals surface area contributed by atoms with Crippen LogP contribution in [0.15, 0.2) is 18.2 Å². The Morgan fingerprint density at radius 2 is 2.20 bits per heavy atom. The lowest BCUT2D eigenvalue weighted by Gasteiger charge is -2.26. The van der Waals surface area contributed by atoms with Gasteiger partial charge >= 0.3 is 0 Å². The van der Waals surface area contributed by atoms with E-state index in [-0.39, 0.29) is 5.91 Å². The molecule has 1 saturated heterocycles. The van der Waals surface area contributed by atoms with E-state index in [9.17, 15) is 4.79 Å². The number of hydrogen-bond acceptors (Lipinski definition) is 4. The highest BCUT2D eigenvalue weighted by Crippen LogP contribution is 2.27. The lowest BCUT2D eigenvalue weighted by molar-refractivity contribution is 0.0383. The second-order valence-corrected chi connectivity index (χ2v) is 4.94. The number of morpholine rings is 1. The molecule has 6 heteroatoms. The predicted octanol–water partition coefficient (Wildman–Crippen LogP) is 1.41. The van der Waals surface area contributed by atoms with Crippen LogP contribution in [0.5, 0.6) is 5.75 Å². The van der Waals surface area contributed by atoms with Crippen LogP contribution in [0, 0.1) is 0 Å². The number of carbonyl (C=O) groups excluding carboxylic acids is 1. The van der Waals surface area contributed by atoms with Gasteiger partial charge in [-0.1, -0.05) is 17.7 Å². The SMILES string of the molecule is COc1c(Cl)cccc1C(=O)NCCN1CCOCC1. The minimum absolute atomic E-state index is 0.169. The summed E-state index contributed by atoms with van der Waals surface area (Å²) in [5, 5.41) is 3.33. The standard InChI is InChI=1S/C14H19ClN2O3/c1-19-13-11(3-2-4-12(13)15)14(18)16-5-6-17-7-9-20-10-8-17/h2-4H,5-10H2,1H3,(H,16,18). The molecule has 20 heavy (non-hydrogen) atoms. The Kier molecular flexibility index (Phi) is 5.64. The van der Waals surface area contributed by atoms with E-state index in [2.05, 4.69) is 10.2 Å². The molecule has 0 atom stereocenters. The van der Waals surface area contributed by atoms with Crippen LogP contribution in [-0.2, 0) is 4.74 Å². The number of ether oxygens (including phenoxy) is 2. The molecule has 1 N–H and O–H groups in total. The van der Waals surface area contributed by atoms with E-state index < -0.39 is 0 Å². The average molecular weight is 299 g/mol. The van der Waals surface area contributed by atoms with E-state index in [0.29, 0.717) is 22.9 Å². The fraction of sp³-hybridized carbons (Fsp3) is 0.500. The molecular weight excluding hydrogens is 280 g/mol. The van der Waals surface area contributed by atoms with Crippen LogP contribution in [-0.4, -0.2) is 57.3 Å². The molecule has 1 amide bonds. The van der Waals surface area contributed by atoms with Crippen molar-refractivity contribution in [2.24, 2.45) is 0 Å². The number of nitrogens with zero attached hydrogens (tertiary/aromatic N) is 1. The van der Waals surface area contributed by atoms with Crippen LogP contribution >= 0.6 is 11.6 Å². The molecule has 0 aliphatic carbocycles. The largest absolute Gasteiger partial charge is 0.494 e. The summed E-state index contributed by atoms with van der Waals surface area (Å²) in [7, 11) is 1.51. The normalized spacial score (nSPS) is 15.9. The highest BCUT2D eigenvalue weighted by molar-refractivity contribution is 6.32. The van der Waals surface area contributed by atoms with Gasteiger partial charge in [-0.15, -0.1) is 0 Å². The molecule has 0 saturated carbocycles. The smallest absolute Gasteiger partial charge is 0.255 e. The Morgan fingerprint density at radius 1 is 1.45 bits per heavy atom. The van der Waals surface area contributed by atoms with Crippen molar-refractivity contribution in [3.8, 4) is 5.75 Å². The summed E-state index contributed by atoms with van der Waals surface area (Å²) < 4.78 is 10.5. The van der Waals surface area contributed by atoms with Gasteiger partial charge in [-0.3, -0.25) is 9.69 Å². The molecule has 0 unspecified atom stereocenters. The second kappa shape index (κ2) is 7.47. The molecule has 1 aliphatic rings. The van der Waals surface area contributed by atoms with E-state index in [4.69, 9.17) is 21.1 Å². The maximum absolute atomic E-state index is 12.1. The predicted molar refractivity (Wildman–Crippen MR) is 77.6 cm³/mol. The number of hydrogen-bond donors (Lipinski definition) is 1. The average Bonchev–Trinajstić information content (AvgIpc) is 2.48. The highest BCUT2D eigenvalue weighted by atomic mass is 35.5. The number of nitrogens with one attached hydrogen (secondary N) is 1. The van der Waals surface area contributed by atoms with Gasteiger partial charge in [0.05, 0.1) is 30.9 Å². The van der Waals surface area contributed by atoms with Gasteiger partial charge < -0.3 is 14.8 Å². The van der Waals surface area contributed by atoms with Gasteiger partial charge in [0.15, 0.2) is 0 Å². The van der Waals surface area contributed by atoms with Crippen LogP contribution < -0.4 is 10.1 Å². The summed E-state index contributed by atoms with van der Waals surface area (Å²) in [6.07, 6.45) is 0. The number of rotatable bonds is 5. The number of carbonyl (C=O) groups is 1. The molecule has 0 radical (unpaired) electrons. The first kappa shape index (κ1) is 15.1. The van der Waals surface area contributed by atoms with Crippen molar-refractivity contribution in [2.45, 2.75) is 0 Å². The molecule has 0 aromatic heterocycles. The lowest BCUT2D eigenvalue weighted by Crippen LogP contribution is -2.41. The van der Waals surface area contributed by atoms with Crippen molar-refractivity contribution in [1.29, 1.82) is 0 Å². The van der Waals surface area contributed by atoms with E-state index in [1.807, 2.05) is 0 Å². The van der Waals surface area contributed by atoms with Crippen LogP contribution in [0.2, 0.25) is 5.02 Å². The van der Waals surface area contributed by atoms with E-state index >= 15 is 0 Å². The number of para-hydroxylation sites is 1. The minimum atomic E-state index is -0.169. The van der Waals surface area contributed by atoms with Gasteiger partial charge in [-0.05, 0) is 12.1 Å². The third kappa shape index (κ3) is 3.85. The summed E-state index contributed by atoms with van der Waals surface area (Å²) >= 11 is 6.00. The Bertz CT molecular complexity index is 462. The zero-order valence-corrected chi connectivity index (χ0v) is 12.3. The van der Waals surface area contributed by atoms with Crippen molar-refractivity contribution >= 4 is 17.5 Å². The van der Waals surface area contributed by atoms with Gasteiger partial charge in [-0.2, -0.15) is 0 Å². The van der Waals surface area contributed by atoms with Gasteiger partial charge in [-0.25, -0.2) is 0 Å². The molecule has 110 valence electrons. The summed E-state index contributed by atoms with van der Waals surface area (Å²) in [6.45, 7) is 4.76. The zero-order chi connectivity index (χ0) is 14.4. The van der Waals surface area contributed by atoms with E-state index in [1.165, 1.54) is 7.11 Å². The first-order valence-electron chi connectivity index (χ1n) is 6.63. The Labute approximate surface area is 123 Å². The number of benzene rings is 1. The summed E-state index contributed by atoms with van der Waals surface area (Å²) in [6, 6.07) is 5.14. The van der Waals surface area contributed by atoms with Crippen molar-refractivity contribution in [3.63, 3.8) is 0 Å². The molecule has 0 bridgehead atoms. The highest BCUT2D eigenvalue weighted by Gasteiger charge is 2.15. The maximum atomic E-state index is 12.1. The molecule has 5 nitrogen and oxygen atoms in total. The van der Waals surface area contributed by atoms with Crippen LogP contribution in [0.3, 0.4) is 0 Å². The first-order valence-corrected chi connectivity index (χ1v) is 7.01. The molecule has 1 heterocycles. The van der Waals surface area contributed by atoms with Crippen molar-refractivity contribution < 1.29 is 14.3 Å². The fourth-order valence-corrected chi connectivity index (χ4v) is 2.39. The van der Waals surface area contributed by atoms with Crippen molar-refractivity contribution in [1.82, 2.24) is 10.2 Å². The van der Waals surface area contributed by atoms with E-state index in [0.717, 1.165) is 32.8 Å². The minimum Gasteiger partial charge on any atom is -0.494 e. The number of halogens is 1. The monoisotopic (exact) mass is 298 g/mol. The fourth-order valence-electron chi connectivity index (χ4n) is 2.14. The zero-order valence-electron chi connectivity index (χ0n) is 11.5. The van der Waals surface area contributed by atoms with Gasteiger partial charge in [0.25, 0.3) is 5.91 Å².